The molecular formula is C13H18ClN3O. The highest BCUT2D eigenvalue weighted by Gasteiger charge is 2.20. The van der Waals surface area contributed by atoms with Crippen molar-refractivity contribution in [2.24, 2.45) is 5.92 Å². The standard InChI is InChI=1S/C13H18ClN3O/c1-17-5-4-9(8-17)7-16-13(18)10-2-3-12(15)11(14)6-10/h2-3,6,9H,4-5,7-8,15H2,1H3,(H,16,18). The van der Waals surface area contributed by atoms with Crippen molar-refractivity contribution < 1.29 is 4.79 Å². The Hall–Kier alpha value is -1.26. The van der Waals surface area contributed by atoms with Gasteiger partial charge in [-0.3, -0.25) is 4.79 Å². The molecule has 1 aromatic carbocycles. The molecule has 1 aliphatic heterocycles. The van der Waals surface area contributed by atoms with Crippen LogP contribution in [0.1, 0.15) is 16.8 Å². The van der Waals surface area contributed by atoms with E-state index in [1.807, 2.05) is 0 Å². The van der Waals surface area contributed by atoms with Gasteiger partial charge < -0.3 is 16.0 Å². The first-order chi connectivity index (χ1) is 8.56. The summed E-state index contributed by atoms with van der Waals surface area (Å²) < 4.78 is 0. The summed E-state index contributed by atoms with van der Waals surface area (Å²) in [7, 11) is 2.10. The Labute approximate surface area is 112 Å². The quantitative estimate of drug-likeness (QED) is 0.818. The van der Waals surface area contributed by atoms with E-state index in [1.54, 1.807) is 18.2 Å². The molecule has 0 aliphatic carbocycles. The molecule has 1 fully saturated rings. The Bertz CT molecular complexity index is 450. The van der Waals surface area contributed by atoms with Crippen LogP contribution in [0.2, 0.25) is 5.02 Å². The van der Waals surface area contributed by atoms with Gasteiger partial charge in [-0.05, 0) is 44.1 Å². The number of halogens is 1. The number of nitrogens with two attached hydrogens (primary N) is 1. The molecule has 1 amide bonds. The lowest BCUT2D eigenvalue weighted by Crippen LogP contribution is -2.30. The second-order valence-electron chi connectivity index (χ2n) is 4.86. The van der Waals surface area contributed by atoms with Crippen LogP contribution in [-0.4, -0.2) is 37.5 Å². The van der Waals surface area contributed by atoms with Crippen LogP contribution in [-0.2, 0) is 0 Å². The number of nitrogen functional groups attached to an aromatic ring is 1. The van der Waals surface area contributed by atoms with Crippen molar-refractivity contribution in [2.45, 2.75) is 6.42 Å². The molecule has 2 rings (SSSR count). The Morgan fingerprint density at radius 2 is 2.39 bits per heavy atom. The predicted molar refractivity (Wildman–Crippen MR) is 73.8 cm³/mol. The molecule has 1 heterocycles. The number of rotatable bonds is 3. The van der Waals surface area contributed by atoms with Gasteiger partial charge in [-0.15, -0.1) is 0 Å². The Morgan fingerprint density at radius 3 is 3.00 bits per heavy atom. The molecule has 3 N–H and O–H groups in total. The van der Waals surface area contributed by atoms with Gasteiger partial charge in [0.1, 0.15) is 0 Å². The fourth-order valence-corrected chi connectivity index (χ4v) is 2.38. The smallest absolute Gasteiger partial charge is 0.251 e. The van der Waals surface area contributed by atoms with Crippen LogP contribution in [0.4, 0.5) is 5.69 Å². The minimum atomic E-state index is -0.0912. The number of hydrogen-bond acceptors (Lipinski definition) is 3. The highest BCUT2D eigenvalue weighted by molar-refractivity contribution is 6.33. The van der Waals surface area contributed by atoms with Crippen molar-refractivity contribution in [2.75, 3.05) is 32.4 Å². The Balaban J connectivity index is 1.89. The molecular weight excluding hydrogens is 250 g/mol. The Kier molecular flexibility index (Phi) is 4.09. The number of carbonyl (C=O) groups is 1. The normalized spacial score (nSPS) is 20.0. The largest absolute Gasteiger partial charge is 0.398 e. The van der Waals surface area contributed by atoms with Gasteiger partial charge in [0, 0.05) is 18.7 Å². The molecule has 98 valence electrons. The van der Waals surface area contributed by atoms with Gasteiger partial charge in [0.2, 0.25) is 0 Å². The van der Waals surface area contributed by atoms with E-state index < -0.39 is 0 Å². The second kappa shape index (κ2) is 5.59. The average molecular weight is 268 g/mol. The van der Waals surface area contributed by atoms with E-state index in [1.165, 1.54) is 0 Å². The summed E-state index contributed by atoms with van der Waals surface area (Å²) in [5.41, 5.74) is 6.66. The van der Waals surface area contributed by atoms with Gasteiger partial charge in [-0.25, -0.2) is 0 Å². The van der Waals surface area contributed by atoms with Crippen molar-refractivity contribution >= 4 is 23.2 Å². The van der Waals surface area contributed by atoms with Crippen molar-refractivity contribution in [3.8, 4) is 0 Å². The maximum absolute atomic E-state index is 11.9. The number of benzene rings is 1. The number of amides is 1. The van der Waals surface area contributed by atoms with Crippen molar-refractivity contribution in [1.82, 2.24) is 10.2 Å². The third-order valence-corrected chi connectivity index (χ3v) is 3.63. The van der Waals surface area contributed by atoms with Crippen LogP contribution in [0.25, 0.3) is 0 Å². The summed E-state index contributed by atoms with van der Waals surface area (Å²) in [5, 5.41) is 3.36. The highest BCUT2D eigenvalue weighted by Crippen LogP contribution is 2.19. The number of anilines is 1. The lowest BCUT2D eigenvalue weighted by molar-refractivity contribution is 0.0947. The molecule has 1 saturated heterocycles. The van der Waals surface area contributed by atoms with Gasteiger partial charge in [0.25, 0.3) is 5.91 Å². The molecule has 0 aromatic heterocycles. The number of nitrogens with zero attached hydrogens (tertiary/aromatic N) is 1. The average Bonchev–Trinajstić information content (AvgIpc) is 2.75. The minimum absolute atomic E-state index is 0.0912. The first kappa shape index (κ1) is 13.2. The van der Waals surface area contributed by atoms with E-state index in [-0.39, 0.29) is 5.91 Å². The van der Waals surface area contributed by atoms with Gasteiger partial charge in [-0.2, -0.15) is 0 Å². The number of hydrogen-bond donors (Lipinski definition) is 2. The summed E-state index contributed by atoms with van der Waals surface area (Å²) in [5.74, 6) is 0.453. The SMILES string of the molecule is CN1CCC(CNC(=O)c2ccc(N)c(Cl)c2)C1. The minimum Gasteiger partial charge on any atom is -0.398 e. The molecule has 18 heavy (non-hydrogen) atoms. The van der Waals surface area contributed by atoms with E-state index >= 15 is 0 Å². The summed E-state index contributed by atoms with van der Waals surface area (Å²) in [6.07, 6.45) is 1.14. The lowest BCUT2D eigenvalue weighted by atomic mass is 10.1. The summed E-state index contributed by atoms with van der Waals surface area (Å²) in [6, 6.07) is 4.95. The van der Waals surface area contributed by atoms with Crippen molar-refractivity contribution in [1.29, 1.82) is 0 Å². The fraction of sp³-hybridized carbons (Fsp3) is 0.462. The van der Waals surface area contributed by atoms with Crippen LogP contribution in [0, 0.1) is 5.92 Å². The molecule has 1 atom stereocenters. The van der Waals surface area contributed by atoms with Crippen LogP contribution in [0.15, 0.2) is 18.2 Å². The molecule has 0 bridgehead atoms. The van der Waals surface area contributed by atoms with Gasteiger partial charge in [0.05, 0.1) is 10.7 Å². The van der Waals surface area contributed by atoms with Crippen LogP contribution < -0.4 is 11.1 Å². The third-order valence-electron chi connectivity index (χ3n) is 3.30. The Morgan fingerprint density at radius 1 is 1.61 bits per heavy atom. The third kappa shape index (κ3) is 3.15. The van der Waals surface area contributed by atoms with Crippen LogP contribution in [0.5, 0.6) is 0 Å². The van der Waals surface area contributed by atoms with Crippen LogP contribution in [0.3, 0.4) is 0 Å². The van der Waals surface area contributed by atoms with Gasteiger partial charge >= 0.3 is 0 Å². The van der Waals surface area contributed by atoms with E-state index in [2.05, 4.69) is 17.3 Å². The molecule has 0 saturated carbocycles. The van der Waals surface area contributed by atoms with E-state index in [0.717, 1.165) is 19.5 Å². The maximum Gasteiger partial charge on any atom is 0.251 e. The molecule has 1 aliphatic rings. The number of likely N-dealkylation sites (tertiary alicyclic amines) is 1. The zero-order valence-electron chi connectivity index (χ0n) is 10.4. The van der Waals surface area contributed by atoms with E-state index in [9.17, 15) is 4.79 Å². The van der Waals surface area contributed by atoms with E-state index in [0.29, 0.717) is 28.7 Å². The lowest BCUT2D eigenvalue weighted by Gasteiger charge is -2.12. The maximum atomic E-state index is 11.9. The first-order valence-electron chi connectivity index (χ1n) is 6.08. The van der Waals surface area contributed by atoms with Crippen LogP contribution >= 0.6 is 11.6 Å². The number of nitrogens with one attached hydrogen (secondary N) is 1. The first-order valence-corrected chi connectivity index (χ1v) is 6.46. The zero-order chi connectivity index (χ0) is 13.1. The number of carbonyl (C=O) groups excluding carboxylic acids is 1. The monoisotopic (exact) mass is 267 g/mol. The summed E-state index contributed by atoms with van der Waals surface area (Å²) in [6.45, 7) is 2.86. The summed E-state index contributed by atoms with van der Waals surface area (Å²) in [4.78, 5) is 14.2. The molecule has 4 nitrogen and oxygen atoms in total. The van der Waals surface area contributed by atoms with E-state index in [4.69, 9.17) is 17.3 Å². The molecule has 0 spiro atoms. The highest BCUT2D eigenvalue weighted by atomic mass is 35.5. The zero-order valence-corrected chi connectivity index (χ0v) is 11.2. The molecule has 5 heteroatoms. The van der Waals surface area contributed by atoms with Gasteiger partial charge in [-0.1, -0.05) is 11.6 Å². The van der Waals surface area contributed by atoms with Crippen molar-refractivity contribution in [3.05, 3.63) is 28.8 Å². The topological polar surface area (TPSA) is 58.4 Å². The molecule has 1 unspecified atom stereocenters. The fourth-order valence-electron chi connectivity index (χ4n) is 2.20. The second-order valence-corrected chi connectivity index (χ2v) is 5.27. The van der Waals surface area contributed by atoms with Gasteiger partial charge in [0.15, 0.2) is 0 Å². The predicted octanol–water partition coefficient (Wildman–Crippen LogP) is 1.60. The molecule has 0 radical (unpaired) electrons. The van der Waals surface area contributed by atoms with Crippen molar-refractivity contribution in [3.63, 3.8) is 0 Å². The summed E-state index contributed by atoms with van der Waals surface area (Å²) >= 11 is 5.89. The molecule has 1 aromatic rings.